The molecule has 2 aromatic carbocycles. The van der Waals surface area contributed by atoms with Gasteiger partial charge in [0.2, 0.25) is 0 Å². The lowest BCUT2D eigenvalue weighted by Crippen LogP contribution is -2.13. The zero-order chi connectivity index (χ0) is 18.0. The number of benzene rings is 2. The number of hydrogen-bond donors (Lipinski definition) is 2. The van der Waals surface area contributed by atoms with Gasteiger partial charge in [-0.25, -0.2) is 13.4 Å². The van der Waals surface area contributed by atoms with Crippen LogP contribution in [0.2, 0.25) is 5.02 Å². The van der Waals surface area contributed by atoms with E-state index in [4.69, 9.17) is 11.6 Å². The van der Waals surface area contributed by atoms with Crippen molar-refractivity contribution in [3.63, 3.8) is 0 Å². The van der Waals surface area contributed by atoms with Crippen molar-refractivity contribution >= 4 is 39.1 Å². The zero-order valence-corrected chi connectivity index (χ0v) is 15.4. The van der Waals surface area contributed by atoms with E-state index in [1.807, 2.05) is 17.8 Å². The van der Waals surface area contributed by atoms with E-state index in [1.165, 1.54) is 30.0 Å². The van der Waals surface area contributed by atoms with Crippen LogP contribution in [-0.4, -0.2) is 23.1 Å². The number of aromatic hydroxyl groups is 1. The average Bonchev–Trinajstić information content (AvgIpc) is 2.96. The fourth-order valence-corrected chi connectivity index (χ4v) is 4.28. The molecule has 6 nitrogen and oxygen atoms in total. The minimum atomic E-state index is -3.94. The van der Waals surface area contributed by atoms with Crippen LogP contribution in [0.1, 0.15) is 0 Å². The molecule has 1 heterocycles. The Morgan fingerprint density at radius 2 is 1.92 bits per heavy atom. The molecule has 0 bridgehead atoms. The summed E-state index contributed by atoms with van der Waals surface area (Å²) in [6.45, 7) is 0. The monoisotopic (exact) mass is 395 g/mol. The zero-order valence-electron chi connectivity index (χ0n) is 13.0. The Morgan fingerprint density at radius 3 is 2.56 bits per heavy atom. The first-order valence-electron chi connectivity index (χ1n) is 7.12. The van der Waals surface area contributed by atoms with Gasteiger partial charge in [0.15, 0.2) is 10.9 Å². The number of aromatic nitrogens is 2. The molecule has 0 aliphatic rings. The van der Waals surface area contributed by atoms with Crippen LogP contribution >= 0.6 is 23.4 Å². The lowest BCUT2D eigenvalue weighted by molar-refractivity contribution is 0.459. The van der Waals surface area contributed by atoms with Crippen LogP contribution in [0.25, 0.3) is 0 Å². The van der Waals surface area contributed by atoms with Gasteiger partial charge in [-0.2, -0.15) is 0 Å². The molecule has 1 aromatic heterocycles. The molecule has 25 heavy (non-hydrogen) atoms. The highest BCUT2D eigenvalue weighted by atomic mass is 35.5. The maximum atomic E-state index is 12.4. The number of sulfonamides is 1. The highest BCUT2D eigenvalue weighted by Gasteiger charge is 2.20. The summed E-state index contributed by atoms with van der Waals surface area (Å²) in [6.07, 6.45) is 3.56. The Balaban J connectivity index is 1.79. The standard InChI is InChI=1S/C16H14ClN3O3S2/c1-20-10-9-18-16(20)24-12-7-5-11(6-8-12)19-25(22,23)14-4-2-3-13(17)15(14)21/h2-10,19,21H,1H3. The van der Waals surface area contributed by atoms with Crippen molar-refractivity contribution in [3.8, 4) is 5.75 Å². The fraction of sp³-hybridized carbons (Fsp3) is 0.0625. The highest BCUT2D eigenvalue weighted by Crippen LogP contribution is 2.32. The van der Waals surface area contributed by atoms with Gasteiger partial charge < -0.3 is 9.67 Å². The van der Waals surface area contributed by atoms with Crippen molar-refractivity contribution in [2.24, 2.45) is 7.05 Å². The quantitative estimate of drug-likeness (QED) is 0.687. The molecule has 0 unspecified atom stereocenters. The van der Waals surface area contributed by atoms with Crippen LogP contribution in [0, 0.1) is 0 Å². The van der Waals surface area contributed by atoms with Crippen LogP contribution < -0.4 is 4.72 Å². The molecule has 0 amide bonds. The number of nitrogens with one attached hydrogen (secondary N) is 1. The van der Waals surface area contributed by atoms with Gasteiger partial charge in [-0.15, -0.1) is 0 Å². The van der Waals surface area contributed by atoms with Gasteiger partial charge in [0.1, 0.15) is 4.90 Å². The summed E-state index contributed by atoms with van der Waals surface area (Å²) in [6, 6.07) is 11.0. The van der Waals surface area contributed by atoms with Gasteiger partial charge in [-0.05, 0) is 36.4 Å². The third kappa shape index (κ3) is 3.92. The fourth-order valence-electron chi connectivity index (χ4n) is 2.07. The predicted molar refractivity (Wildman–Crippen MR) is 97.7 cm³/mol. The molecule has 3 rings (SSSR count). The number of halogens is 1. The summed E-state index contributed by atoms with van der Waals surface area (Å²) in [5, 5.41) is 10.7. The second kappa shape index (κ2) is 6.99. The highest BCUT2D eigenvalue weighted by molar-refractivity contribution is 7.99. The van der Waals surface area contributed by atoms with Gasteiger partial charge in [0.25, 0.3) is 10.0 Å². The molecule has 0 radical (unpaired) electrons. The van der Waals surface area contributed by atoms with Crippen LogP contribution in [-0.2, 0) is 17.1 Å². The summed E-state index contributed by atoms with van der Waals surface area (Å²) in [7, 11) is -2.05. The molecular weight excluding hydrogens is 382 g/mol. The number of phenols is 1. The number of phenolic OH excluding ortho intramolecular Hbond substituents is 1. The number of para-hydroxylation sites is 1. The molecule has 0 aliphatic heterocycles. The van der Waals surface area contributed by atoms with Gasteiger partial charge in [-0.1, -0.05) is 29.4 Å². The van der Waals surface area contributed by atoms with Crippen LogP contribution in [0.15, 0.2) is 69.8 Å². The summed E-state index contributed by atoms with van der Waals surface area (Å²) in [5.41, 5.74) is 0.378. The number of aryl methyl sites for hydroxylation is 1. The normalized spacial score (nSPS) is 11.4. The molecule has 0 aliphatic carbocycles. The Morgan fingerprint density at radius 1 is 1.20 bits per heavy atom. The number of rotatable bonds is 5. The van der Waals surface area contributed by atoms with Crippen molar-refractivity contribution in [1.29, 1.82) is 0 Å². The van der Waals surface area contributed by atoms with E-state index in [-0.39, 0.29) is 9.92 Å². The summed E-state index contributed by atoms with van der Waals surface area (Å²) in [5.74, 6) is -0.473. The van der Waals surface area contributed by atoms with Crippen molar-refractivity contribution in [3.05, 3.63) is 59.9 Å². The third-order valence-corrected chi connectivity index (χ3v) is 6.13. The molecule has 130 valence electrons. The summed E-state index contributed by atoms with van der Waals surface area (Å²) >= 11 is 7.24. The van der Waals surface area contributed by atoms with Gasteiger partial charge in [0.05, 0.1) is 5.02 Å². The molecule has 0 spiro atoms. The molecule has 0 atom stereocenters. The van der Waals surface area contributed by atoms with E-state index < -0.39 is 15.8 Å². The molecular formula is C16H14ClN3O3S2. The Hall–Kier alpha value is -2.16. The van der Waals surface area contributed by atoms with Crippen molar-refractivity contribution in [2.45, 2.75) is 14.9 Å². The predicted octanol–water partition coefficient (Wildman–Crippen LogP) is 3.73. The molecule has 3 aromatic rings. The van der Waals surface area contributed by atoms with E-state index in [1.54, 1.807) is 30.5 Å². The van der Waals surface area contributed by atoms with Gasteiger partial charge in [-0.3, -0.25) is 4.72 Å². The minimum Gasteiger partial charge on any atom is -0.505 e. The third-order valence-electron chi connectivity index (χ3n) is 3.33. The maximum absolute atomic E-state index is 12.4. The largest absolute Gasteiger partial charge is 0.505 e. The molecule has 2 N–H and O–H groups in total. The number of hydrogen-bond acceptors (Lipinski definition) is 5. The van der Waals surface area contributed by atoms with Crippen LogP contribution in [0.4, 0.5) is 5.69 Å². The van der Waals surface area contributed by atoms with E-state index in [2.05, 4.69) is 9.71 Å². The van der Waals surface area contributed by atoms with E-state index in [0.29, 0.717) is 5.69 Å². The second-order valence-electron chi connectivity index (χ2n) is 5.14. The number of imidazole rings is 1. The number of nitrogens with zero attached hydrogens (tertiary/aromatic N) is 2. The molecule has 0 saturated heterocycles. The maximum Gasteiger partial charge on any atom is 0.265 e. The first kappa shape index (κ1) is 17.7. The lowest BCUT2D eigenvalue weighted by atomic mass is 10.3. The molecule has 9 heteroatoms. The van der Waals surface area contributed by atoms with E-state index in [9.17, 15) is 13.5 Å². The van der Waals surface area contributed by atoms with Gasteiger partial charge in [0, 0.05) is 30.0 Å². The topological polar surface area (TPSA) is 84.2 Å². The van der Waals surface area contributed by atoms with Gasteiger partial charge >= 0.3 is 0 Å². The van der Waals surface area contributed by atoms with E-state index in [0.717, 1.165) is 10.1 Å². The summed E-state index contributed by atoms with van der Waals surface area (Å²) < 4.78 is 29.1. The smallest absolute Gasteiger partial charge is 0.265 e. The lowest BCUT2D eigenvalue weighted by Gasteiger charge is -2.10. The Kier molecular flexibility index (Phi) is 4.94. The molecule has 0 saturated carbocycles. The minimum absolute atomic E-state index is 0.0234. The summed E-state index contributed by atoms with van der Waals surface area (Å²) in [4.78, 5) is 4.87. The Labute approximate surface area is 154 Å². The van der Waals surface area contributed by atoms with Crippen molar-refractivity contribution < 1.29 is 13.5 Å². The first-order chi connectivity index (χ1) is 11.9. The van der Waals surface area contributed by atoms with E-state index >= 15 is 0 Å². The Bertz CT molecular complexity index is 1000. The first-order valence-corrected chi connectivity index (χ1v) is 9.80. The second-order valence-corrected chi connectivity index (χ2v) is 8.24. The average molecular weight is 396 g/mol. The van der Waals surface area contributed by atoms with Crippen molar-refractivity contribution in [1.82, 2.24) is 9.55 Å². The SMILES string of the molecule is Cn1ccnc1Sc1ccc(NS(=O)(=O)c2cccc(Cl)c2O)cc1. The van der Waals surface area contributed by atoms with Crippen LogP contribution in [0.5, 0.6) is 5.75 Å². The van der Waals surface area contributed by atoms with Crippen molar-refractivity contribution in [2.75, 3.05) is 4.72 Å². The molecule has 0 fully saturated rings. The number of anilines is 1. The van der Waals surface area contributed by atoms with Crippen LogP contribution in [0.3, 0.4) is 0 Å².